The van der Waals surface area contributed by atoms with Crippen LogP contribution in [0, 0.1) is 11.2 Å². The van der Waals surface area contributed by atoms with Gasteiger partial charge in [-0.2, -0.15) is 0 Å². The first-order valence-corrected chi connectivity index (χ1v) is 9.09. The van der Waals surface area contributed by atoms with E-state index < -0.39 is 23.5 Å². The molecule has 3 rings (SSSR count). The van der Waals surface area contributed by atoms with Crippen molar-refractivity contribution in [1.82, 2.24) is 9.80 Å². The zero-order chi connectivity index (χ0) is 20.7. The first-order chi connectivity index (χ1) is 12.8. The van der Waals surface area contributed by atoms with Crippen molar-refractivity contribution in [3.8, 4) is 5.75 Å². The summed E-state index contributed by atoms with van der Waals surface area (Å²) in [6, 6.07) is 3.17. The number of hydrogen-bond donors (Lipinski definition) is 0. The molecule has 0 radical (unpaired) electrons. The van der Waals surface area contributed by atoms with Crippen LogP contribution < -0.4 is 4.74 Å². The average molecular weight is 404 g/mol. The van der Waals surface area contributed by atoms with Gasteiger partial charge in [0.25, 0.3) is 0 Å². The Labute approximate surface area is 161 Å². The van der Waals surface area contributed by atoms with E-state index in [1.165, 1.54) is 6.07 Å². The number of carbonyl (C=O) groups is 1. The van der Waals surface area contributed by atoms with Gasteiger partial charge in [-0.3, -0.25) is 4.90 Å². The molecule has 1 spiro atoms. The molecule has 0 saturated carbocycles. The van der Waals surface area contributed by atoms with Crippen molar-refractivity contribution in [3.05, 3.63) is 29.6 Å². The molecule has 0 aromatic heterocycles. The van der Waals surface area contributed by atoms with Gasteiger partial charge in [-0.15, -0.1) is 13.2 Å². The van der Waals surface area contributed by atoms with E-state index in [4.69, 9.17) is 4.74 Å². The molecule has 1 amide bonds. The summed E-state index contributed by atoms with van der Waals surface area (Å²) in [7, 11) is 0. The van der Waals surface area contributed by atoms with Gasteiger partial charge in [0.1, 0.15) is 17.2 Å². The topological polar surface area (TPSA) is 42.0 Å². The monoisotopic (exact) mass is 404 g/mol. The Kier molecular flexibility index (Phi) is 5.24. The van der Waals surface area contributed by atoms with Crippen molar-refractivity contribution >= 4 is 6.09 Å². The van der Waals surface area contributed by atoms with Gasteiger partial charge in [-0.05, 0) is 33.3 Å². The highest BCUT2D eigenvalue weighted by Crippen LogP contribution is 2.41. The lowest BCUT2D eigenvalue weighted by atomic mass is 9.79. The van der Waals surface area contributed by atoms with Crippen LogP contribution in [0.1, 0.15) is 32.8 Å². The van der Waals surface area contributed by atoms with Crippen molar-refractivity contribution in [3.63, 3.8) is 0 Å². The molecule has 2 aliphatic rings. The Bertz CT molecular complexity index is 740. The fourth-order valence-electron chi connectivity index (χ4n) is 3.78. The molecule has 0 atom stereocenters. The number of amides is 1. The summed E-state index contributed by atoms with van der Waals surface area (Å²) in [5, 5.41) is 0. The Morgan fingerprint density at radius 3 is 2.43 bits per heavy atom. The number of likely N-dealkylation sites (tertiary alicyclic amines) is 2. The minimum absolute atomic E-state index is 0.0211. The summed E-state index contributed by atoms with van der Waals surface area (Å²) in [6.07, 6.45) is -4.32. The average Bonchev–Trinajstić information content (AvgIpc) is 2.91. The first kappa shape index (κ1) is 20.7. The zero-order valence-corrected chi connectivity index (χ0v) is 16.1. The molecule has 28 heavy (non-hydrogen) atoms. The SMILES string of the molecule is CC(C)(C)OC(=O)N1CCC2(CN(Cc3ccc(OC(F)(F)F)cc3F)C2)C1. The summed E-state index contributed by atoms with van der Waals surface area (Å²) in [5.74, 6) is -1.30. The predicted octanol–water partition coefficient (Wildman–Crippen LogP) is 4.17. The van der Waals surface area contributed by atoms with Gasteiger partial charge in [0.2, 0.25) is 0 Å². The van der Waals surface area contributed by atoms with E-state index in [1.54, 1.807) is 4.90 Å². The number of halogens is 4. The minimum Gasteiger partial charge on any atom is -0.444 e. The second-order valence-electron chi connectivity index (χ2n) is 8.60. The molecule has 2 fully saturated rings. The number of benzene rings is 1. The summed E-state index contributed by atoms with van der Waals surface area (Å²) in [4.78, 5) is 15.9. The van der Waals surface area contributed by atoms with Crippen LogP contribution in [0.15, 0.2) is 18.2 Å². The second kappa shape index (κ2) is 7.09. The molecular formula is C19H24F4N2O3. The molecule has 5 nitrogen and oxygen atoms in total. The van der Waals surface area contributed by atoms with Crippen molar-refractivity contribution in [1.29, 1.82) is 0 Å². The van der Waals surface area contributed by atoms with Crippen molar-refractivity contribution in [2.45, 2.75) is 45.7 Å². The predicted molar refractivity (Wildman–Crippen MR) is 93.2 cm³/mol. The maximum absolute atomic E-state index is 14.1. The quantitative estimate of drug-likeness (QED) is 0.710. The third-order valence-electron chi connectivity index (χ3n) is 4.86. The van der Waals surface area contributed by atoms with Gasteiger partial charge in [0, 0.05) is 49.8 Å². The lowest BCUT2D eigenvalue weighted by Gasteiger charge is -2.48. The second-order valence-corrected chi connectivity index (χ2v) is 8.60. The van der Waals surface area contributed by atoms with Crippen LogP contribution >= 0.6 is 0 Å². The number of rotatable bonds is 3. The highest BCUT2D eigenvalue weighted by Gasteiger charge is 2.49. The van der Waals surface area contributed by atoms with Crippen LogP contribution in [0.25, 0.3) is 0 Å². The lowest BCUT2D eigenvalue weighted by Crippen LogP contribution is -2.57. The Morgan fingerprint density at radius 1 is 1.18 bits per heavy atom. The van der Waals surface area contributed by atoms with Gasteiger partial charge < -0.3 is 14.4 Å². The third kappa shape index (κ3) is 5.06. The van der Waals surface area contributed by atoms with Gasteiger partial charge >= 0.3 is 12.5 Å². The number of alkyl halides is 3. The number of hydrogen-bond acceptors (Lipinski definition) is 4. The Morgan fingerprint density at radius 2 is 1.86 bits per heavy atom. The highest BCUT2D eigenvalue weighted by molar-refractivity contribution is 5.68. The van der Waals surface area contributed by atoms with Crippen molar-refractivity contribution in [2.24, 2.45) is 5.41 Å². The van der Waals surface area contributed by atoms with Crippen LogP contribution in [-0.4, -0.2) is 54.0 Å². The molecule has 2 heterocycles. The lowest BCUT2D eigenvalue weighted by molar-refractivity contribution is -0.274. The summed E-state index contributed by atoms with van der Waals surface area (Å²) in [6.45, 7) is 8.38. The maximum atomic E-state index is 14.1. The number of carbonyl (C=O) groups excluding carboxylic acids is 1. The Hall–Kier alpha value is -2.03. The first-order valence-electron chi connectivity index (χ1n) is 9.09. The van der Waals surface area contributed by atoms with Crippen LogP contribution in [0.5, 0.6) is 5.75 Å². The summed E-state index contributed by atoms with van der Waals surface area (Å²) in [5.41, 5.74) is -0.253. The molecule has 0 N–H and O–H groups in total. The fourth-order valence-corrected chi connectivity index (χ4v) is 3.78. The van der Waals surface area contributed by atoms with E-state index in [2.05, 4.69) is 4.74 Å². The zero-order valence-electron chi connectivity index (χ0n) is 16.1. The van der Waals surface area contributed by atoms with E-state index in [0.717, 1.165) is 18.6 Å². The molecule has 1 aromatic carbocycles. The third-order valence-corrected chi connectivity index (χ3v) is 4.86. The maximum Gasteiger partial charge on any atom is 0.573 e. The standard InChI is InChI=1S/C19H24F4N2O3/c1-17(2,3)28-16(26)25-7-6-18(12-25)10-24(11-18)9-13-4-5-14(8-15(13)20)27-19(21,22)23/h4-5,8H,6-7,9-12H2,1-3H3. The van der Waals surface area contributed by atoms with E-state index in [0.29, 0.717) is 38.3 Å². The molecule has 0 bridgehead atoms. The van der Waals surface area contributed by atoms with Crippen LogP contribution in [0.4, 0.5) is 22.4 Å². The van der Waals surface area contributed by atoms with Gasteiger partial charge in [0.05, 0.1) is 0 Å². The van der Waals surface area contributed by atoms with Crippen molar-refractivity contribution < 1.29 is 31.8 Å². The van der Waals surface area contributed by atoms with E-state index >= 15 is 0 Å². The van der Waals surface area contributed by atoms with Gasteiger partial charge in [0.15, 0.2) is 0 Å². The largest absolute Gasteiger partial charge is 0.573 e. The van der Waals surface area contributed by atoms with Gasteiger partial charge in [-0.25, -0.2) is 9.18 Å². The normalized spacial score (nSPS) is 19.6. The minimum atomic E-state index is -4.85. The fraction of sp³-hybridized carbons (Fsp3) is 0.632. The van der Waals surface area contributed by atoms with Crippen LogP contribution in [0.2, 0.25) is 0 Å². The molecule has 2 aliphatic heterocycles. The van der Waals surface area contributed by atoms with E-state index in [1.807, 2.05) is 25.7 Å². The number of nitrogens with zero attached hydrogens (tertiary/aromatic N) is 2. The van der Waals surface area contributed by atoms with Gasteiger partial charge in [-0.1, -0.05) is 6.07 Å². The summed E-state index contributed by atoms with van der Waals surface area (Å²) >= 11 is 0. The molecular weight excluding hydrogens is 380 g/mol. The molecule has 0 aliphatic carbocycles. The molecule has 156 valence electrons. The molecule has 2 saturated heterocycles. The molecule has 0 unspecified atom stereocenters. The van der Waals surface area contributed by atoms with E-state index in [-0.39, 0.29) is 11.5 Å². The van der Waals surface area contributed by atoms with Crippen molar-refractivity contribution in [2.75, 3.05) is 26.2 Å². The Balaban J connectivity index is 1.52. The molecule has 1 aromatic rings. The smallest absolute Gasteiger partial charge is 0.444 e. The van der Waals surface area contributed by atoms with Crippen LogP contribution in [-0.2, 0) is 11.3 Å². The molecule has 9 heteroatoms. The van der Waals surface area contributed by atoms with Crippen LogP contribution in [0.3, 0.4) is 0 Å². The highest BCUT2D eigenvalue weighted by atomic mass is 19.4. The van der Waals surface area contributed by atoms with E-state index in [9.17, 15) is 22.4 Å². The number of ether oxygens (including phenoxy) is 2. The summed E-state index contributed by atoms with van der Waals surface area (Å²) < 4.78 is 59.8.